The van der Waals surface area contributed by atoms with Gasteiger partial charge in [0.25, 0.3) is 6.71 Å². The van der Waals surface area contributed by atoms with Gasteiger partial charge < -0.3 is 9.80 Å². The molecule has 3 heteroatoms. The Morgan fingerprint density at radius 2 is 0.635 bits per heavy atom. The second kappa shape index (κ2) is 13.6. The zero-order valence-electron chi connectivity index (χ0n) is 36.0. The van der Waals surface area contributed by atoms with E-state index in [4.69, 9.17) is 0 Å². The van der Waals surface area contributed by atoms with Crippen LogP contribution >= 0.6 is 0 Å². The number of benzene rings is 11. The van der Waals surface area contributed by atoms with Gasteiger partial charge in [-0.15, -0.1) is 0 Å². The molecule has 63 heavy (non-hydrogen) atoms. The molecule has 2 aliphatic heterocycles. The van der Waals surface area contributed by atoms with Gasteiger partial charge in [-0.1, -0.05) is 167 Å². The van der Waals surface area contributed by atoms with Crippen molar-refractivity contribution in [3.05, 3.63) is 199 Å². The number of rotatable bonds is 4. The largest absolute Gasteiger partial charge is 0.311 e. The highest BCUT2D eigenvalue weighted by atomic mass is 15.2. The molecule has 0 amide bonds. The summed E-state index contributed by atoms with van der Waals surface area (Å²) in [6.45, 7) is 9.34. The second-order valence-electron chi connectivity index (χ2n) is 18.4. The highest BCUT2D eigenvalue weighted by Crippen LogP contribution is 2.47. The minimum atomic E-state index is 0.0570. The molecule has 0 fully saturated rings. The van der Waals surface area contributed by atoms with Crippen LogP contribution in [-0.4, -0.2) is 6.71 Å². The zero-order valence-corrected chi connectivity index (χ0v) is 36.0. The van der Waals surface area contributed by atoms with Crippen molar-refractivity contribution in [3.63, 3.8) is 0 Å². The third-order valence-corrected chi connectivity index (χ3v) is 14.3. The van der Waals surface area contributed by atoms with Gasteiger partial charge in [-0.3, -0.25) is 0 Å². The van der Waals surface area contributed by atoms with Crippen molar-refractivity contribution in [1.82, 2.24) is 0 Å². The third kappa shape index (κ3) is 5.20. The summed E-state index contributed by atoms with van der Waals surface area (Å²) in [4.78, 5) is 5.13. The van der Waals surface area contributed by atoms with Crippen molar-refractivity contribution >= 4 is 122 Å². The second-order valence-corrected chi connectivity index (χ2v) is 18.4. The van der Waals surface area contributed by atoms with Gasteiger partial charge in [-0.05, 0) is 153 Å². The minimum absolute atomic E-state index is 0.0570. The Morgan fingerprint density at radius 3 is 0.984 bits per heavy atom. The molecule has 0 bridgehead atoms. The summed E-state index contributed by atoms with van der Waals surface area (Å²) in [5.41, 5.74) is 14.1. The van der Waals surface area contributed by atoms with Gasteiger partial charge in [0, 0.05) is 34.1 Å². The van der Waals surface area contributed by atoms with Crippen molar-refractivity contribution in [2.45, 2.75) is 39.5 Å². The molecule has 0 atom stereocenters. The molecule has 0 radical (unpaired) electrons. The standard InChI is InChI=1S/C60H45BN2/c1-36(2)38-24-30-56-54(32-38)61-55-33-39(37(3)4)25-31-57(55)63(41-27-29-51-47-19-8-6-15-43(47)45-17-10-12-21-49(45)53(51)35-41)59-23-13-22-58(60(59)61)62(56)40-26-28-50-46-18-7-5-14-42(46)44-16-9-11-20-48(44)52(50)34-40/h5-37H,1-4H3. The van der Waals surface area contributed by atoms with Gasteiger partial charge in [0.2, 0.25) is 0 Å². The Kier molecular flexibility index (Phi) is 7.82. The van der Waals surface area contributed by atoms with Crippen molar-refractivity contribution < 1.29 is 0 Å². The van der Waals surface area contributed by atoms with E-state index < -0.39 is 0 Å². The molecule has 2 heterocycles. The van der Waals surface area contributed by atoms with E-state index in [1.54, 1.807) is 0 Å². The average Bonchev–Trinajstić information content (AvgIpc) is 3.33. The monoisotopic (exact) mass is 804 g/mol. The topological polar surface area (TPSA) is 6.48 Å². The van der Waals surface area contributed by atoms with Crippen LogP contribution in [0.5, 0.6) is 0 Å². The fourth-order valence-corrected chi connectivity index (χ4v) is 11.3. The molecular formula is C60H45BN2. The maximum Gasteiger partial charge on any atom is 0.252 e. The van der Waals surface area contributed by atoms with Crippen LogP contribution in [0.4, 0.5) is 34.1 Å². The molecule has 0 aromatic heterocycles. The van der Waals surface area contributed by atoms with Crippen LogP contribution in [0.2, 0.25) is 0 Å². The van der Waals surface area contributed by atoms with E-state index in [0.717, 1.165) is 0 Å². The molecule has 13 rings (SSSR count). The van der Waals surface area contributed by atoms with Gasteiger partial charge in [0.1, 0.15) is 0 Å². The molecule has 0 saturated heterocycles. The maximum absolute atomic E-state index is 2.56. The van der Waals surface area contributed by atoms with Gasteiger partial charge >= 0.3 is 0 Å². The summed E-state index contributed by atoms with van der Waals surface area (Å²) in [5.74, 6) is 0.788. The first-order valence-corrected chi connectivity index (χ1v) is 22.6. The number of fused-ring (bicyclic) bond motifs is 16. The summed E-state index contributed by atoms with van der Waals surface area (Å²) >= 11 is 0. The molecular weight excluding hydrogens is 759 g/mol. The van der Waals surface area contributed by atoms with Crippen LogP contribution in [0.1, 0.15) is 50.7 Å². The number of hydrogen-bond acceptors (Lipinski definition) is 2. The molecule has 0 aliphatic carbocycles. The van der Waals surface area contributed by atoms with Crippen LogP contribution in [0.25, 0.3) is 64.6 Å². The van der Waals surface area contributed by atoms with Crippen LogP contribution in [0.3, 0.4) is 0 Å². The average molecular weight is 805 g/mol. The Labute approximate surface area is 368 Å². The molecule has 298 valence electrons. The van der Waals surface area contributed by atoms with E-state index in [9.17, 15) is 0 Å². The molecule has 0 N–H and O–H groups in total. The fraction of sp³-hybridized carbons (Fsp3) is 0.100. The summed E-state index contributed by atoms with van der Waals surface area (Å²) in [5, 5.41) is 15.5. The minimum Gasteiger partial charge on any atom is -0.311 e. The number of nitrogens with zero attached hydrogens (tertiary/aromatic N) is 2. The van der Waals surface area contributed by atoms with E-state index in [-0.39, 0.29) is 6.71 Å². The Morgan fingerprint density at radius 1 is 0.302 bits per heavy atom. The first kappa shape index (κ1) is 36.3. The van der Waals surface area contributed by atoms with Crippen molar-refractivity contribution in [3.8, 4) is 0 Å². The normalized spacial score (nSPS) is 13.3. The molecule has 11 aromatic rings. The summed E-state index contributed by atoms with van der Waals surface area (Å²) in [6, 6.07) is 71.5. The van der Waals surface area contributed by atoms with Gasteiger partial charge in [0.15, 0.2) is 0 Å². The van der Waals surface area contributed by atoms with Gasteiger partial charge in [0.05, 0.1) is 0 Å². The molecule has 0 unspecified atom stereocenters. The van der Waals surface area contributed by atoms with Gasteiger partial charge in [-0.2, -0.15) is 0 Å². The Hall–Kier alpha value is -7.36. The summed E-state index contributed by atoms with van der Waals surface area (Å²) in [6.07, 6.45) is 0. The first-order valence-electron chi connectivity index (χ1n) is 22.6. The van der Waals surface area contributed by atoms with Crippen LogP contribution in [0, 0.1) is 0 Å². The highest BCUT2D eigenvalue weighted by Gasteiger charge is 2.43. The SMILES string of the molecule is CC(C)c1ccc2c(c1)B1c3cc(C(C)C)ccc3N(c3ccc4c5ccccc5c5ccccc5c4c3)c3cccc(c31)N2c1ccc2c3ccccc3c3ccccc3c2c1. The fourth-order valence-electron chi connectivity index (χ4n) is 11.3. The predicted molar refractivity (Wildman–Crippen MR) is 274 cm³/mol. The lowest BCUT2D eigenvalue weighted by Gasteiger charge is -2.44. The smallest absolute Gasteiger partial charge is 0.252 e. The lowest BCUT2D eigenvalue weighted by Crippen LogP contribution is -2.61. The van der Waals surface area contributed by atoms with Gasteiger partial charge in [-0.25, -0.2) is 0 Å². The van der Waals surface area contributed by atoms with Crippen LogP contribution in [-0.2, 0) is 0 Å². The Balaban J connectivity index is 1.10. The van der Waals surface area contributed by atoms with E-state index in [1.807, 2.05) is 0 Å². The zero-order chi connectivity index (χ0) is 42.1. The quantitative estimate of drug-likeness (QED) is 0.129. The van der Waals surface area contributed by atoms with E-state index in [0.29, 0.717) is 11.8 Å². The van der Waals surface area contributed by atoms with Crippen molar-refractivity contribution in [2.75, 3.05) is 9.80 Å². The molecule has 0 spiro atoms. The molecule has 2 aliphatic rings. The predicted octanol–water partition coefficient (Wildman–Crippen LogP) is 14.9. The lowest BCUT2D eigenvalue weighted by atomic mass is 9.33. The summed E-state index contributed by atoms with van der Waals surface area (Å²) < 4.78 is 0. The molecule has 0 saturated carbocycles. The van der Waals surface area contributed by atoms with Crippen molar-refractivity contribution in [2.24, 2.45) is 0 Å². The lowest BCUT2D eigenvalue weighted by molar-refractivity contribution is 0.867. The van der Waals surface area contributed by atoms with E-state index in [1.165, 1.54) is 126 Å². The molecule has 2 nitrogen and oxygen atoms in total. The van der Waals surface area contributed by atoms with Crippen LogP contribution in [0.15, 0.2) is 188 Å². The molecule has 11 aromatic carbocycles. The first-order chi connectivity index (χ1) is 30.9. The van der Waals surface area contributed by atoms with Crippen molar-refractivity contribution in [1.29, 1.82) is 0 Å². The number of anilines is 6. The Bertz CT molecular complexity index is 3420. The highest BCUT2D eigenvalue weighted by molar-refractivity contribution is 7.00. The van der Waals surface area contributed by atoms with E-state index >= 15 is 0 Å². The third-order valence-electron chi connectivity index (χ3n) is 14.3. The van der Waals surface area contributed by atoms with Crippen LogP contribution < -0.4 is 26.2 Å². The van der Waals surface area contributed by atoms with E-state index in [2.05, 4.69) is 226 Å². The maximum atomic E-state index is 2.56. The number of hydrogen-bond donors (Lipinski definition) is 0. The summed E-state index contributed by atoms with van der Waals surface area (Å²) in [7, 11) is 0.